The van der Waals surface area contributed by atoms with Crippen LogP contribution in [0.2, 0.25) is 0 Å². The fourth-order valence-corrected chi connectivity index (χ4v) is 4.07. The van der Waals surface area contributed by atoms with Crippen molar-refractivity contribution in [3.63, 3.8) is 0 Å². The third-order valence-corrected chi connectivity index (χ3v) is 5.86. The topological polar surface area (TPSA) is 61.3 Å². The second-order valence-corrected chi connectivity index (χ2v) is 8.98. The van der Waals surface area contributed by atoms with Crippen LogP contribution in [0.3, 0.4) is 0 Å². The van der Waals surface area contributed by atoms with E-state index >= 15 is 0 Å². The number of nitrogens with one attached hydrogen (secondary N) is 1. The molecule has 4 rings (SSSR count). The van der Waals surface area contributed by atoms with Gasteiger partial charge in [-0.15, -0.1) is 0 Å². The Morgan fingerprint density at radius 3 is 2.53 bits per heavy atom. The monoisotopic (exact) mass is 452 g/mol. The number of hydrogen-bond acceptors (Lipinski definition) is 5. The van der Waals surface area contributed by atoms with E-state index in [9.17, 15) is 5.11 Å². The van der Waals surface area contributed by atoms with E-state index in [1.54, 1.807) is 6.33 Å². The molecule has 0 bridgehead atoms. The van der Waals surface area contributed by atoms with Crippen LogP contribution >= 0.6 is 0 Å². The first kappa shape index (κ1) is 23.5. The molecule has 0 atom stereocenters. The van der Waals surface area contributed by atoms with Gasteiger partial charge in [0.05, 0.1) is 12.3 Å². The van der Waals surface area contributed by atoms with Crippen LogP contribution in [0.25, 0.3) is 16.8 Å². The molecular weight excluding hydrogens is 420 g/mol. The van der Waals surface area contributed by atoms with Crippen molar-refractivity contribution in [2.24, 2.45) is 5.41 Å². The Kier molecular flexibility index (Phi) is 7.24. The van der Waals surface area contributed by atoms with E-state index in [1.807, 2.05) is 18.2 Å². The van der Waals surface area contributed by atoms with Gasteiger partial charge >= 0.3 is 0 Å². The summed E-state index contributed by atoms with van der Waals surface area (Å²) in [6.07, 6.45) is 12.5. The fraction of sp³-hybridized carbons (Fsp3) is 0.241. The van der Waals surface area contributed by atoms with Crippen LogP contribution in [0.4, 0.5) is 17.2 Å². The Hall–Kier alpha value is -3.70. The molecule has 3 aromatic rings. The van der Waals surface area contributed by atoms with E-state index in [0.717, 1.165) is 40.6 Å². The minimum atomic E-state index is 0.00263. The molecule has 1 aliphatic carbocycles. The largest absolute Gasteiger partial charge is 0.395 e. The summed E-state index contributed by atoms with van der Waals surface area (Å²) >= 11 is 0. The maximum Gasteiger partial charge on any atom is 0.134 e. The molecule has 0 amide bonds. The zero-order valence-corrected chi connectivity index (χ0v) is 20.1. The average Bonchev–Trinajstić information content (AvgIpc) is 3.04. The smallest absolute Gasteiger partial charge is 0.134 e. The lowest BCUT2D eigenvalue weighted by molar-refractivity contribution is 0.302. The average molecular weight is 453 g/mol. The fourth-order valence-electron chi connectivity index (χ4n) is 4.07. The van der Waals surface area contributed by atoms with E-state index in [4.69, 9.17) is 0 Å². The molecule has 1 aliphatic rings. The number of hydrogen-bond donors (Lipinski definition) is 2. The summed E-state index contributed by atoms with van der Waals surface area (Å²) in [5, 5.41) is 12.6. The van der Waals surface area contributed by atoms with Crippen LogP contribution in [0, 0.1) is 5.41 Å². The molecular formula is C29H32N4O. The minimum Gasteiger partial charge on any atom is -0.395 e. The van der Waals surface area contributed by atoms with E-state index in [1.165, 1.54) is 5.57 Å². The molecule has 0 radical (unpaired) electrons. The maximum atomic E-state index is 9.25. The zero-order chi connectivity index (χ0) is 24.0. The Bertz CT molecular complexity index is 1210. The number of aliphatic hydroxyl groups excluding tert-OH is 1. The quantitative estimate of drug-likeness (QED) is 0.423. The molecule has 0 saturated heterocycles. The van der Waals surface area contributed by atoms with Crippen molar-refractivity contribution in [3.05, 3.63) is 96.9 Å². The summed E-state index contributed by atoms with van der Waals surface area (Å²) in [4.78, 5) is 11.1. The van der Waals surface area contributed by atoms with Crippen LogP contribution < -0.4 is 10.2 Å². The molecule has 0 aliphatic heterocycles. The highest BCUT2D eigenvalue weighted by molar-refractivity contribution is 5.79. The molecule has 34 heavy (non-hydrogen) atoms. The van der Waals surface area contributed by atoms with Crippen molar-refractivity contribution >= 4 is 22.8 Å². The van der Waals surface area contributed by atoms with Gasteiger partial charge in [0.15, 0.2) is 0 Å². The van der Waals surface area contributed by atoms with Gasteiger partial charge in [0, 0.05) is 41.5 Å². The van der Waals surface area contributed by atoms with Crippen LogP contribution in [0.15, 0.2) is 91.3 Å². The van der Waals surface area contributed by atoms with Crippen molar-refractivity contribution in [2.75, 3.05) is 29.9 Å². The van der Waals surface area contributed by atoms with E-state index in [2.05, 4.69) is 108 Å². The summed E-state index contributed by atoms with van der Waals surface area (Å²) in [5.41, 5.74) is 6.32. The van der Waals surface area contributed by atoms with Crippen LogP contribution in [-0.2, 0) is 0 Å². The number of aromatic nitrogens is 2. The van der Waals surface area contributed by atoms with Gasteiger partial charge in [0.25, 0.3) is 0 Å². The van der Waals surface area contributed by atoms with Crippen LogP contribution in [0.1, 0.15) is 26.3 Å². The van der Waals surface area contributed by atoms with Crippen molar-refractivity contribution in [1.29, 1.82) is 0 Å². The summed E-state index contributed by atoms with van der Waals surface area (Å²) in [7, 11) is 0. The first-order valence-corrected chi connectivity index (χ1v) is 11.7. The predicted octanol–water partition coefficient (Wildman–Crippen LogP) is 6.24. The third-order valence-electron chi connectivity index (χ3n) is 5.86. The molecule has 5 heteroatoms. The summed E-state index contributed by atoms with van der Waals surface area (Å²) in [5.74, 6) is 0.741. The molecule has 2 aromatic carbocycles. The first-order valence-electron chi connectivity index (χ1n) is 11.7. The second kappa shape index (κ2) is 10.5. The van der Waals surface area contributed by atoms with Crippen LogP contribution in [0.5, 0.6) is 0 Å². The molecule has 0 saturated carbocycles. The summed E-state index contributed by atoms with van der Waals surface area (Å²) in [6.45, 7) is 8.12. The standard InChI is InChI=1S/C29H32N4O/c1-4-33(16-17-34)26-13-11-25(12-14-26)32-28-19-27(30-21-31-28)23-10-7-9-22(18-23)24-8-5-6-15-29(2,3)20-24/h5-15,18-21,34H,4,16-17H2,1-3H3,(H,30,31,32). The van der Waals surface area contributed by atoms with Crippen molar-refractivity contribution < 1.29 is 5.11 Å². The van der Waals surface area contributed by atoms with Gasteiger partial charge in [-0.1, -0.05) is 62.4 Å². The predicted molar refractivity (Wildman–Crippen MR) is 142 cm³/mol. The second-order valence-electron chi connectivity index (χ2n) is 8.98. The van der Waals surface area contributed by atoms with Crippen LogP contribution in [-0.4, -0.2) is 34.8 Å². The number of benzene rings is 2. The molecule has 174 valence electrons. The molecule has 1 aromatic heterocycles. The third kappa shape index (κ3) is 5.80. The Labute approximate surface area is 202 Å². The molecule has 1 heterocycles. The van der Waals surface area contributed by atoms with Crippen molar-refractivity contribution in [1.82, 2.24) is 9.97 Å². The van der Waals surface area contributed by atoms with Crippen molar-refractivity contribution in [3.8, 4) is 11.3 Å². The van der Waals surface area contributed by atoms with Gasteiger partial charge in [-0.3, -0.25) is 0 Å². The molecule has 0 spiro atoms. The lowest BCUT2D eigenvalue weighted by Gasteiger charge is -2.22. The number of nitrogens with zero attached hydrogens (tertiary/aromatic N) is 3. The number of aliphatic hydroxyl groups is 1. The molecule has 0 unspecified atom stereocenters. The molecule has 2 N–H and O–H groups in total. The van der Waals surface area contributed by atoms with Gasteiger partial charge in [-0.25, -0.2) is 9.97 Å². The SMILES string of the molecule is CCN(CCO)c1ccc(Nc2cc(-c3cccc(C4=CC(C)(C)C=CC=C4)c3)ncn2)cc1. The number of rotatable bonds is 8. The first-order chi connectivity index (χ1) is 16.5. The van der Waals surface area contributed by atoms with E-state index in [0.29, 0.717) is 6.54 Å². The Morgan fingerprint density at radius 2 is 1.76 bits per heavy atom. The number of anilines is 3. The lowest BCUT2D eigenvalue weighted by Crippen LogP contribution is -2.25. The lowest BCUT2D eigenvalue weighted by atomic mass is 9.89. The van der Waals surface area contributed by atoms with Gasteiger partial charge in [-0.2, -0.15) is 0 Å². The van der Waals surface area contributed by atoms with Gasteiger partial charge in [-0.05, 0) is 48.4 Å². The summed E-state index contributed by atoms with van der Waals surface area (Å²) in [6, 6.07) is 18.6. The zero-order valence-electron chi connectivity index (χ0n) is 20.1. The highest BCUT2D eigenvalue weighted by Gasteiger charge is 2.14. The van der Waals surface area contributed by atoms with E-state index < -0.39 is 0 Å². The number of allylic oxidation sites excluding steroid dienone is 6. The minimum absolute atomic E-state index is 0.00263. The highest BCUT2D eigenvalue weighted by Crippen LogP contribution is 2.31. The van der Waals surface area contributed by atoms with Gasteiger partial charge in [0.1, 0.15) is 12.1 Å². The Morgan fingerprint density at radius 1 is 0.971 bits per heavy atom. The normalized spacial score (nSPS) is 14.4. The van der Waals surface area contributed by atoms with Gasteiger partial charge < -0.3 is 15.3 Å². The van der Waals surface area contributed by atoms with Gasteiger partial charge in [0.2, 0.25) is 0 Å². The molecule has 5 nitrogen and oxygen atoms in total. The maximum absolute atomic E-state index is 9.25. The number of likely N-dealkylation sites (N-methyl/N-ethyl adjacent to an activating group) is 1. The Balaban J connectivity index is 1.54. The summed E-state index contributed by atoms with van der Waals surface area (Å²) < 4.78 is 0. The van der Waals surface area contributed by atoms with E-state index in [-0.39, 0.29) is 12.0 Å². The highest BCUT2D eigenvalue weighted by atomic mass is 16.3. The molecule has 0 fully saturated rings. The van der Waals surface area contributed by atoms with Crippen molar-refractivity contribution in [2.45, 2.75) is 20.8 Å².